The third-order valence-electron chi connectivity index (χ3n) is 5.54. The molecule has 0 aliphatic carbocycles. The molecule has 0 bridgehead atoms. The van der Waals surface area contributed by atoms with E-state index in [4.69, 9.17) is 5.73 Å². The number of hydrogen-bond acceptors (Lipinski definition) is 11. The lowest BCUT2D eigenvalue weighted by Gasteiger charge is -2.34. The van der Waals surface area contributed by atoms with Crippen LogP contribution in [0, 0.1) is 0 Å². The molecule has 2 rings (SSSR count). The maximum atomic E-state index is 11.9. The maximum Gasteiger partial charge on any atom is 0.321 e. The monoisotopic (exact) mass is 587 g/mol. The molecule has 196 valence electrons. The number of carboxylic acid groups (broad SMARTS) is 1. The number of aliphatic carboxylic acids is 1. The average Bonchev–Trinajstić information content (AvgIpc) is 3.19. The zero-order chi connectivity index (χ0) is 24.9. The number of rotatable bonds is 14. The number of carbonyl (C=O) groups excluding carboxylic acids is 2. The summed E-state index contributed by atoms with van der Waals surface area (Å²) in [6.07, 6.45) is 7.69. The van der Waals surface area contributed by atoms with Crippen molar-refractivity contribution in [2.75, 3.05) is 13.1 Å². The first-order valence-electron chi connectivity index (χ1n) is 11.8. The Balaban J connectivity index is 2.25. The van der Waals surface area contributed by atoms with Gasteiger partial charge in [0.1, 0.15) is 12.3 Å². The van der Waals surface area contributed by atoms with Gasteiger partial charge in [-0.25, -0.2) is 0 Å². The molecular weight excluding hydrogens is 551 g/mol. The van der Waals surface area contributed by atoms with Crippen molar-refractivity contribution in [3.05, 3.63) is 0 Å². The van der Waals surface area contributed by atoms with Gasteiger partial charge in [-0.15, -0.1) is 0 Å². The number of nitrogens with one attached hydrogen (secondary N) is 2. The Morgan fingerprint density at radius 1 is 1.03 bits per heavy atom. The Morgan fingerprint density at radius 2 is 1.74 bits per heavy atom. The van der Waals surface area contributed by atoms with E-state index in [0.717, 1.165) is 32.1 Å². The summed E-state index contributed by atoms with van der Waals surface area (Å²) in [7, 11) is 11.1. The summed E-state index contributed by atoms with van der Waals surface area (Å²) in [5.74, 6) is -1.67. The van der Waals surface area contributed by atoms with E-state index >= 15 is 0 Å². The van der Waals surface area contributed by atoms with E-state index < -0.39 is 17.9 Å². The predicted octanol–water partition coefficient (Wildman–Crippen LogP) is 4.41. The van der Waals surface area contributed by atoms with Gasteiger partial charge < -0.3 is 21.0 Å². The summed E-state index contributed by atoms with van der Waals surface area (Å²) in [5.41, 5.74) is 5.34. The summed E-state index contributed by atoms with van der Waals surface area (Å²) in [6, 6.07) is -1.00. The SMILES string of the molecule is CCCCC1CC(CCC)SSC(N[C@@H](CC(N)=O)C(=O)O)C2SSC(CNCC=O)C2SS1. The van der Waals surface area contributed by atoms with E-state index in [2.05, 4.69) is 24.5 Å². The second kappa shape index (κ2) is 17.2. The lowest BCUT2D eigenvalue weighted by Crippen LogP contribution is -2.50. The fourth-order valence-electron chi connectivity index (χ4n) is 3.76. The van der Waals surface area contributed by atoms with Crippen molar-refractivity contribution in [3.63, 3.8) is 0 Å². The van der Waals surface area contributed by atoms with Gasteiger partial charge in [-0.2, -0.15) is 0 Å². The van der Waals surface area contributed by atoms with E-state index in [1.54, 1.807) is 21.6 Å². The van der Waals surface area contributed by atoms with Crippen LogP contribution >= 0.6 is 64.8 Å². The summed E-state index contributed by atoms with van der Waals surface area (Å²) >= 11 is 0. The smallest absolute Gasteiger partial charge is 0.321 e. The number of nitrogens with two attached hydrogens (primary N) is 1. The number of unbranched alkanes of at least 4 members (excludes halogenated alkanes) is 1. The van der Waals surface area contributed by atoms with Crippen LogP contribution in [-0.2, 0) is 14.4 Å². The topological polar surface area (TPSA) is 122 Å². The minimum absolute atomic E-state index is 0.135. The molecule has 5 N–H and O–H groups in total. The quantitative estimate of drug-likeness (QED) is 0.131. The maximum absolute atomic E-state index is 11.9. The van der Waals surface area contributed by atoms with Crippen molar-refractivity contribution in [1.29, 1.82) is 0 Å². The zero-order valence-corrected chi connectivity index (χ0v) is 24.6. The van der Waals surface area contributed by atoms with Gasteiger partial charge in [0.05, 0.1) is 23.6 Å². The van der Waals surface area contributed by atoms with Gasteiger partial charge in [-0.1, -0.05) is 97.9 Å². The molecule has 0 aromatic carbocycles. The molecule has 0 aromatic rings. The zero-order valence-electron chi connectivity index (χ0n) is 19.7. The molecule has 13 heteroatoms. The first kappa shape index (κ1) is 30.9. The molecule has 0 spiro atoms. The highest BCUT2D eigenvalue weighted by Crippen LogP contribution is 2.57. The molecule has 6 unspecified atom stereocenters. The van der Waals surface area contributed by atoms with Crippen LogP contribution in [0.15, 0.2) is 0 Å². The molecule has 2 aliphatic rings. The van der Waals surface area contributed by atoms with Crippen LogP contribution < -0.4 is 16.4 Å². The molecule has 2 heterocycles. The van der Waals surface area contributed by atoms with E-state index in [1.807, 2.05) is 43.2 Å². The fraction of sp³-hybridized carbons (Fsp3) is 0.857. The normalized spacial score (nSPS) is 30.9. The number of primary amides is 1. The molecule has 2 fully saturated rings. The molecule has 0 aromatic heterocycles. The Morgan fingerprint density at radius 3 is 2.38 bits per heavy atom. The van der Waals surface area contributed by atoms with E-state index in [1.165, 1.54) is 19.3 Å². The van der Waals surface area contributed by atoms with Crippen molar-refractivity contribution >= 4 is 82.9 Å². The standard InChI is InChI=1S/C21H37N3O4S6/c1-3-5-7-14-10-13(6-4-2)30-34-20(24-15(21(27)28)11-17(22)26)19-18(32-29-14)16(31-33-19)12-23-8-9-25/h9,13-16,18-20,23-24H,3-8,10-12H2,1-2H3,(H2,22,26)(H,27,28)/t13?,14?,15-,16?,18?,19?,20?/m0/s1. The number of carboxylic acids is 1. The number of hydrogen-bond donors (Lipinski definition) is 4. The van der Waals surface area contributed by atoms with Gasteiger partial charge in [0.2, 0.25) is 5.91 Å². The van der Waals surface area contributed by atoms with Crippen LogP contribution in [0.2, 0.25) is 0 Å². The highest BCUT2D eigenvalue weighted by molar-refractivity contribution is 8.81. The molecule has 2 saturated heterocycles. The molecule has 34 heavy (non-hydrogen) atoms. The third kappa shape index (κ3) is 10.5. The van der Waals surface area contributed by atoms with Gasteiger partial charge in [-0.3, -0.25) is 14.9 Å². The third-order valence-corrected chi connectivity index (χ3v) is 16.1. The van der Waals surface area contributed by atoms with Crippen LogP contribution in [0.3, 0.4) is 0 Å². The average molecular weight is 588 g/mol. The first-order valence-corrected chi connectivity index (χ1v) is 18.6. The molecule has 1 amide bonds. The Hall–Kier alpha value is 0.630. The predicted molar refractivity (Wildman–Crippen MR) is 155 cm³/mol. The van der Waals surface area contributed by atoms with Crippen molar-refractivity contribution in [1.82, 2.24) is 10.6 Å². The Kier molecular flexibility index (Phi) is 15.6. The second-order valence-corrected chi connectivity index (χ2v) is 16.6. The molecule has 0 radical (unpaired) electrons. The highest BCUT2D eigenvalue weighted by Gasteiger charge is 2.45. The number of carbonyl (C=O) groups is 3. The van der Waals surface area contributed by atoms with E-state index in [-0.39, 0.29) is 22.3 Å². The molecule has 2 aliphatic heterocycles. The molecule has 7 atom stereocenters. The Labute approximate surface area is 227 Å². The summed E-state index contributed by atoms with van der Waals surface area (Å²) in [5, 5.41) is 17.9. The van der Waals surface area contributed by atoms with Crippen LogP contribution in [0.4, 0.5) is 0 Å². The number of fused-ring (bicyclic) bond motifs is 1. The largest absolute Gasteiger partial charge is 0.480 e. The Bertz CT molecular complexity index is 650. The molecule has 0 saturated carbocycles. The van der Waals surface area contributed by atoms with Crippen molar-refractivity contribution in [2.45, 2.75) is 96.5 Å². The van der Waals surface area contributed by atoms with Crippen molar-refractivity contribution < 1.29 is 19.5 Å². The van der Waals surface area contributed by atoms with Gasteiger partial charge in [-0.05, 0) is 19.3 Å². The van der Waals surface area contributed by atoms with E-state index in [0.29, 0.717) is 22.3 Å². The highest BCUT2D eigenvalue weighted by atomic mass is 33.1. The van der Waals surface area contributed by atoms with Gasteiger partial charge in [0.15, 0.2) is 0 Å². The minimum Gasteiger partial charge on any atom is -0.480 e. The van der Waals surface area contributed by atoms with Gasteiger partial charge >= 0.3 is 5.97 Å². The summed E-state index contributed by atoms with van der Waals surface area (Å²) < 4.78 is 0. The van der Waals surface area contributed by atoms with Crippen molar-refractivity contribution in [3.8, 4) is 0 Å². The van der Waals surface area contributed by atoms with Crippen molar-refractivity contribution in [2.24, 2.45) is 5.73 Å². The summed E-state index contributed by atoms with van der Waals surface area (Å²) in [6.45, 7) is 5.52. The first-order chi connectivity index (χ1) is 16.4. The number of aldehydes is 1. The summed E-state index contributed by atoms with van der Waals surface area (Å²) in [4.78, 5) is 34.2. The van der Waals surface area contributed by atoms with Crippen LogP contribution in [0.1, 0.15) is 58.8 Å². The minimum atomic E-state index is -1.05. The van der Waals surface area contributed by atoms with Gasteiger partial charge in [0.25, 0.3) is 0 Å². The molecular formula is C21H37N3O4S6. The lowest BCUT2D eigenvalue weighted by molar-refractivity contribution is -0.141. The van der Waals surface area contributed by atoms with Crippen LogP contribution in [0.25, 0.3) is 0 Å². The fourth-order valence-corrected chi connectivity index (χ4v) is 16.4. The van der Waals surface area contributed by atoms with Gasteiger partial charge in [0, 0.05) is 27.5 Å². The van der Waals surface area contributed by atoms with E-state index in [9.17, 15) is 19.5 Å². The lowest BCUT2D eigenvalue weighted by atomic mass is 10.1. The number of amides is 1. The van der Waals surface area contributed by atoms with Crippen LogP contribution in [0.5, 0.6) is 0 Å². The van der Waals surface area contributed by atoms with Crippen LogP contribution in [-0.4, -0.2) is 74.0 Å². The molecule has 7 nitrogen and oxygen atoms in total. The second-order valence-electron chi connectivity index (χ2n) is 8.43.